The number of imidazole rings is 1. The molecule has 0 saturated carbocycles. The molecule has 1 unspecified atom stereocenters. The fourth-order valence-corrected chi connectivity index (χ4v) is 3.38. The van der Waals surface area contributed by atoms with Gasteiger partial charge in [0, 0.05) is 18.3 Å². The number of pyridine rings is 2. The first-order chi connectivity index (χ1) is 12.9. The highest BCUT2D eigenvalue weighted by Gasteiger charge is 2.36. The number of hydrogen-bond donors (Lipinski definition) is 2. The fourth-order valence-electron chi connectivity index (χ4n) is 3.38. The predicted octanol–water partition coefficient (Wildman–Crippen LogP) is 3.84. The quantitative estimate of drug-likeness (QED) is 0.728. The van der Waals surface area contributed by atoms with Crippen molar-refractivity contribution in [2.24, 2.45) is 0 Å². The Kier molecular flexibility index (Phi) is 4.51. The van der Waals surface area contributed by atoms with E-state index in [1.54, 1.807) is 41.8 Å². The highest BCUT2D eigenvalue weighted by Crippen LogP contribution is 2.27. The number of alkyl halides is 3. The van der Waals surface area contributed by atoms with Crippen LogP contribution in [-0.2, 0) is 0 Å². The zero-order valence-electron chi connectivity index (χ0n) is 14.8. The van der Waals surface area contributed by atoms with Crippen LogP contribution >= 0.6 is 0 Å². The molecular formula is C19H20F3N5. The number of halogens is 3. The minimum atomic E-state index is -2.56. The van der Waals surface area contributed by atoms with E-state index in [0.29, 0.717) is 29.3 Å². The molecule has 1 aliphatic rings. The van der Waals surface area contributed by atoms with Crippen molar-refractivity contribution in [3.8, 4) is 11.4 Å². The first kappa shape index (κ1) is 17.8. The molecule has 4 heterocycles. The van der Waals surface area contributed by atoms with E-state index in [4.69, 9.17) is 0 Å². The third-order valence-corrected chi connectivity index (χ3v) is 4.92. The van der Waals surface area contributed by atoms with Crippen molar-refractivity contribution in [2.75, 3.05) is 18.4 Å². The largest absolute Gasteiger partial charge is 0.364 e. The number of rotatable bonds is 4. The molecule has 2 atom stereocenters. The maximum absolute atomic E-state index is 14.7. The molecular weight excluding hydrogens is 355 g/mol. The Morgan fingerprint density at radius 2 is 2.15 bits per heavy atom. The SMILES string of the molecule is CC1(F)CNCC[C@H]1Nc1cccc(-c2cnc3ccc(C(F)F)cn23)n1. The van der Waals surface area contributed by atoms with Gasteiger partial charge in [-0.15, -0.1) is 0 Å². The first-order valence-electron chi connectivity index (χ1n) is 8.83. The summed E-state index contributed by atoms with van der Waals surface area (Å²) in [5, 5.41) is 6.23. The molecule has 0 amide bonds. The lowest BCUT2D eigenvalue weighted by Gasteiger charge is -2.36. The van der Waals surface area contributed by atoms with Gasteiger partial charge in [-0.05, 0) is 44.2 Å². The second-order valence-corrected chi connectivity index (χ2v) is 6.98. The van der Waals surface area contributed by atoms with E-state index >= 15 is 0 Å². The van der Waals surface area contributed by atoms with Crippen molar-refractivity contribution >= 4 is 11.5 Å². The van der Waals surface area contributed by atoms with E-state index in [1.807, 2.05) is 0 Å². The van der Waals surface area contributed by atoms with Gasteiger partial charge in [-0.3, -0.25) is 4.40 Å². The number of fused-ring (bicyclic) bond motifs is 1. The van der Waals surface area contributed by atoms with Crippen LogP contribution in [-0.4, -0.2) is 39.2 Å². The second kappa shape index (κ2) is 6.84. The summed E-state index contributed by atoms with van der Waals surface area (Å²) in [6, 6.07) is 7.92. The number of nitrogens with zero attached hydrogens (tertiary/aromatic N) is 3. The second-order valence-electron chi connectivity index (χ2n) is 6.98. The highest BCUT2D eigenvalue weighted by atomic mass is 19.3. The maximum Gasteiger partial charge on any atom is 0.265 e. The Morgan fingerprint density at radius 1 is 1.30 bits per heavy atom. The van der Waals surface area contributed by atoms with Gasteiger partial charge in [-0.1, -0.05) is 6.07 Å². The van der Waals surface area contributed by atoms with Gasteiger partial charge in [-0.2, -0.15) is 0 Å². The molecule has 0 aliphatic carbocycles. The molecule has 0 radical (unpaired) electrons. The Balaban J connectivity index is 1.66. The fraction of sp³-hybridized carbons (Fsp3) is 0.368. The number of anilines is 1. The molecule has 3 aromatic rings. The van der Waals surface area contributed by atoms with Gasteiger partial charge in [-0.25, -0.2) is 23.1 Å². The maximum atomic E-state index is 14.7. The van der Waals surface area contributed by atoms with E-state index in [1.165, 1.54) is 12.3 Å². The van der Waals surface area contributed by atoms with Gasteiger partial charge in [0.2, 0.25) is 0 Å². The molecule has 1 saturated heterocycles. The van der Waals surface area contributed by atoms with Gasteiger partial charge in [0.25, 0.3) is 6.43 Å². The monoisotopic (exact) mass is 375 g/mol. The van der Waals surface area contributed by atoms with Crippen molar-refractivity contribution in [1.29, 1.82) is 0 Å². The van der Waals surface area contributed by atoms with Crippen LogP contribution in [0, 0.1) is 0 Å². The summed E-state index contributed by atoms with van der Waals surface area (Å²) in [7, 11) is 0. The van der Waals surface area contributed by atoms with Crippen LogP contribution in [0.15, 0.2) is 42.7 Å². The summed E-state index contributed by atoms with van der Waals surface area (Å²) in [5.41, 5.74) is 0.270. The van der Waals surface area contributed by atoms with Crippen molar-refractivity contribution < 1.29 is 13.2 Å². The predicted molar refractivity (Wildman–Crippen MR) is 97.8 cm³/mol. The molecule has 0 bridgehead atoms. The smallest absolute Gasteiger partial charge is 0.265 e. The van der Waals surface area contributed by atoms with Crippen LogP contribution in [0.25, 0.3) is 17.0 Å². The van der Waals surface area contributed by atoms with Gasteiger partial charge >= 0.3 is 0 Å². The lowest BCUT2D eigenvalue weighted by atomic mass is 9.92. The van der Waals surface area contributed by atoms with E-state index in [0.717, 1.165) is 6.54 Å². The number of nitrogens with one attached hydrogen (secondary N) is 2. The first-order valence-corrected chi connectivity index (χ1v) is 8.83. The number of aromatic nitrogens is 3. The Bertz CT molecular complexity index is 953. The normalized spacial score (nSPS) is 23.1. The average Bonchev–Trinajstić information content (AvgIpc) is 3.07. The number of hydrogen-bond acceptors (Lipinski definition) is 4. The van der Waals surface area contributed by atoms with Crippen LogP contribution in [0.2, 0.25) is 0 Å². The summed E-state index contributed by atoms with van der Waals surface area (Å²) in [6.07, 6.45) is 1.05. The van der Waals surface area contributed by atoms with Crippen molar-refractivity contribution in [3.63, 3.8) is 0 Å². The zero-order valence-corrected chi connectivity index (χ0v) is 14.8. The molecule has 1 aliphatic heterocycles. The summed E-state index contributed by atoms with van der Waals surface area (Å²) >= 11 is 0. The highest BCUT2D eigenvalue weighted by molar-refractivity contribution is 5.62. The van der Waals surface area contributed by atoms with Gasteiger partial charge in [0.15, 0.2) is 0 Å². The lowest BCUT2D eigenvalue weighted by Crippen LogP contribution is -2.53. The molecule has 27 heavy (non-hydrogen) atoms. The van der Waals surface area contributed by atoms with Gasteiger partial charge in [0.1, 0.15) is 17.1 Å². The van der Waals surface area contributed by atoms with E-state index in [9.17, 15) is 13.2 Å². The molecule has 2 N–H and O–H groups in total. The third-order valence-electron chi connectivity index (χ3n) is 4.92. The van der Waals surface area contributed by atoms with E-state index in [2.05, 4.69) is 20.6 Å². The van der Waals surface area contributed by atoms with Crippen molar-refractivity contribution in [3.05, 3.63) is 48.3 Å². The lowest BCUT2D eigenvalue weighted by molar-refractivity contribution is 0.127. The molecule has 8 heteroatoms. The summed E-state index contributed by atoms with van der Waals surface area (Å²) < 4.78 is 42.3. The standard InChI is InChI=1S/C19H20F3N5/c1-19(22)11-23-8-7-15(19)26-16-4-2-3-13(25-16)14-9-24-17-6-5-12(18(20)21)10-27(14)17/h2-6,9-10,15,18,23H,7-8,11H2,1H3,(H,25,26)/t15-,19?/m1/s1. The molecule has 3 aromatic heterocycles. The molecule has 0 aromatic carbocycles. The Hall–Kier alpha value is -2.61. The van der Waals surface area contributed by atoms with E-state index < -0.39 is 12.1 Å². The topological polar surface area (TPSA) is 54.2 Å². The van der Waals surface area contributed by atoms with Crippen LogP contribution < -0.4 is 10.6 Å². The summed E-state index contributed by atoms with van der Waals surface area (Å²) in [5.74, 6) is 0.545. The summed E-state index contributed by atoms with van der Waals surface area (Å²) in [4.78, 5) is 8.81. The van der Waals surface area contributed by atoms with E-state index in [-0.39, 0.29) is 18.2 Å². The molecule has 5 nitrogen and oxygen atoms in total. The van der Waals surface area contributed by atoms with Crippen LogP contribution in [0.5, 0.6) is 0 Å². The average molecular weight is 375 g/mol. The third kappa shape index (κ3) is 3.49. The summed E-state index contributed by atoms with van der Waals surface area (Å²) in [6.45, 7) is 2.59. The number of piperidine rings is 1. The zero-order chi connectivity index (χ0) is 19.0. The minimum Gasteiger partial charge on any atom is -0.364 e. The minimum absolute atomic E-state index is 0.0843. The van der Waals surface area contributed by atoms with Crippen LogP contribution in [0.4, 0.5) is 19.0 Å². The van der Waals surface area contributed by atoms with Crippen LogP contribution in [0.3, 0.4) is 0 Å². The van der Waals surface area contributed by atoms with Crippen molar-refractivity contribution in [1.82, 2.24) is 19.7 Å². The molecule has 1 fully saturated rings. The molecule has 4 rings (SSSR count). The van der Waals surface area contributed by atoms with Gasteiger partial charge < -0.3 is 10.6 Å². The molecule has 142 valence electrons. The van der Waals surface area contributed by atoms with Crippen molar-refractivity contribution in [2.45, 2.75) is 31.5 Å². The Morgan fingerprint density at radius 3 is 2.93 bits per heavy atom. The Labute approximate surface area is 154 Å². The van der Waals surface area contributed by atoms with Crippen LogP contribution in [0.1, 0.15) is 25.3 Å². The van der Waals surface area contributed by atoms with Gasteiger partial charge in [0.05, 0.1) is 23.6 Å². The molecule has 0 spiro atoms.